The van der Waals surface area contributed by atoms with Crippen molar-refractivity contribution >= 4 is 40.3 Å². The first-order valence-electron chi connectivity index (χ1n) is 9.46. The van der Waals surface area contributed by atoms with Gasteiger partial charge in [-0.3, -0.25) is 14.6 Å². The van der Waals surface area contributed by atoms with E-state index in [9.17, 15) is 9.59 Å². The lowest BCUT2D eigenvalue weighted by molar-refractivity contribution is -0.124. The van der Waals surface area contributed by atoms with Gasteiger partial charge in [-0.25, -0.2) is 4.79 Å². The maximum Gasteiger partial charge on any atom is 0.417 e. The van der Waals surface area contributed by atoms with Gasteiger partial charge in [0.1, 0.15) is 4.32 Å². The monoisotopic (exact) mass is 436 g/mol. The van der Waals surface area contributed by atoms with Crippen molar-refractivity contribution in [1.29, 1.82) is 0 Å². The number of hydrogen-bond acceptors (Lipinski definition) is 5. The Morgan fingerprint density at radius 1 is 1.03 bits per heavy atom. The number of benzene rings is 2. The summed E-state index contributed by atoms with van der Waals surface area (Å²) >= 11 is 7.04. The Bertz CT molecular complexity index is 1020. The van der Waals surface area contributed by atoms with Crippen LogP contribution in [-0.4, -0.2) is 39.0 Å². The van der Waals surface area contributed by atoms with Crippen LogP contribution in [0.15, 0.2) is 84.7 Å². The summed E-state index contributed by atoms with van der Waals surface area (Å²) in [6, 6.07) is 19.5. The average molecular weight is 437 g/mol. The summed E-state index contributed by atoms with van der Waals surface area (Å²) in [7, 11) is 1.31. The fraction of sp³-hybridized carbons (Fsp3) is 0.174. The molecule has 5 nitrogen and oxygen atoms in total. The zero-order valence-corrected chi connectivity index (χ0v) is 17.9. The van der Waals surface area contributed by atoms with Gasteiger partial charge in [0.2, 0.25) is 0 Å². The first-order valence-corrected chi connectivity index (χ1v) is 10.9. The van der Waals surface area contributed by atoms with E-state index in [2.05, 4.69) is 0 Å². The molecule has 2 amide bonds. The van der Waals surface area contributed by atoms with Crippen LogP contribution in [0, 0.1) is 0 Å². The van der Waals surface area contributed by atoms with Gasteiger partial charge in [-0.2, -0.15) is 0 Å². The third kappa shape index (κ3) is 3.91. The first-order chi connectivity index (χ1) is 14.6. The second-order valence-corrected chi connectivity index (χ2v) is 8.52. The zero-order chi connectivity index (χ0) is 21.1. The van der Waals surface area contributed by atoms with E-state index in [4.69, 9.17) is 17.0 Å². The number of thioether (sulfide) groups is 1. The van der Waals surface area contributed by atoms with Crippen LogP contribution in [0.1, 0.15) is 23.1 Å². The Labute approximate surface area is 185 Å². The number of rotatable bonds is 3. The van der Waals surface area contributed by atoms with Gasteiger partial charge in [0.15, 0.2) is 0 Å². The predicted molar refractivity (Wildman–Crippen MR) is 122 cm³/mol. The fourth-order valence-corrected chi connectivity index (χ4v) is 5.02. The number of carbonyl (C=O) groups is 2. The lowest BCUT2D eigenvalue weighted by atomic mass is 9.88. The van der Waals surface area contributed by atoms with Crippen LogP contribution in [0.4, 0.5) is 4.79 Å². The van der Waals surface area contributed by atoms with Crippen molar-refractivity contribution in [3.63, 3.8) is 0 Å². The molecule has 0 unspecified atom stereocenters. The van der Waals surface area contributed by atoms with E-state index in [1.165, 1.54) is 23.8 Å². The molecular formula is C23H20N2O3S2. The third-order valence-electron chi connectivity index (χ3n) is 5.12. The Hall–Kier alpha value is -2.90. The molecule has 2 aromatic rings. The number of allylic oxidation sites excluding steroid dienone is 1. The summed E-state index contributed by atoms with van der Waals surface area (Å²) in [4.78, 5) is 28.8. The highest BCUT2D eigenvalue weighted by Crippen LogP contribution is 2.39. The summed E-state index contributed by atoms with van der Waals surface area (Å²) in [5.41, 5.74) is 2.47. The molecular weight excluding hydrogens is 416 g/mol. The van der Waals surface area contributed by atoms with Crippen molar-refractivity contribution in [3.8, 4) is 0 Å². The lowest BCUT2D eigenvalue weighted by Gasteiger charge is -2.30. The van der Waals surface area contributed by atoms with Gasteiger partial charge in [0, 0.05) is 29.6 Å². The molecule has 0 bridgehead atoms. The minimum Gasteiger partial charge on any atom is -0.452 e. The standard InChI is InChI=1S/C23H20N2O3S2/c1-28-22(27)24-13-12-18(16-8-4-2-5-9-16)19(14-24)21(26)25-20(15-30-23(25)29)17-10-6-3-7-11-17/h2-14,18,20H,15H2,1H3/t18-,20+/m0/s1. The average Bonchev–Trinajstić information content (AvgIpc) is 3.20. The second kappa shape index (κ2) is 8.85. The highest BCUT2D eigenvalue weighted by atomic mass is 32.2. The van der Waals surface area contributed by atoms with Gasteiger partial charge in [-0.05, 0) is 11.1 Å². The van der Waals surface area contributed by atoms with Gasteiger partial charge in [0.25, 0.3) is 5.91 Å². The number of hydrogen-bond donors (Lipinski definition) is 0. The summed E-state index contributed by atoms with van der Waals surface area (Å²) in [6.07, 6.45) is 4.47. The maximum absolute atomic E-state index is 13.8. The van der Waals surface area contributed by atoms with Crippen LogP contribution < -0.4 is 0 Å². The molecule has 1 fully saturated rings. The van der Waals surface area contributed by atoms with Crippen molar-refractivity contribution < 1.29 is 14.3 Å². The lowest BCUT2D eigenvalue weighted by Crippen LogP contribution is -2.37. The molecule has 2 atom stereocenters. The van der Waals surface area contributed by atoms with Crippen molar-refractivity contribution in [2.75, 3.05) is 12.9 Å². The SMILES string of the molecule is COC(=O)N1C=C[C@@H](c2ccccc2)C(C(=O)N2C(=S)SC[C@@H]2c2ccccc2)=C1. The molecule has 0 aromatic heterocycles. The molecule has 4 rings (SSSR count). The van der Waals surface area contributed by atoms with Crippen molar-refractivity contribution in [1.82, 2.24) is 9.80 Å². The highest BCUT2D eigenvalue weighted by molar-refractivity contribution is 8.23. The highest BCUT2D eigenvalue weighted by Gasteiger charge is 2.39. The molecule has 2 aromatic carbocycles. The van der Waals surface area contributed by atoms with Crippen LogP contribution in [0.2, 0.25) is 0 Å². The molecule has 1 saturated heterocycles. The van der Waals surface area contributed by atoms with Gasteiger partial charge in [0.05, 0.1) is 13.2 Å². The van der Waals surface area contributed by atoms with Crippen LogP contribution in [0.3, 0.4) is 0 Å². The van der Waals surface area contributed by atoms with Crippen LogP contribution in [0.5, 0.6) is 0 Å². The topological polar surface area (TPSA) is 49.9 Å². The minimum atomic E-state index is -0.555. The summed E-state index contributed by atoms with van der Waals surface area (Å²) < 4.78 is 5.37. The van der Waals surface area contributed by atoms with Gasteiger partial charge in [-0.15, -0.1) is 0 Å². The summed E-state index contributed by atoms with van der Waals surface area (Å²) in [6.45, 7) is 0. The predicted octanol–water partition coefficient (Wildman–Crippen LogP) is 4.85. The Morgan fingerprint density at radius 3 is 2.30 bits per heavy atom. The van der Waals surface area contributed by atoms with Gasteiger partial charge >= 0.3 is 6.09 Å². The van der Waals surface area contributed by atoms with E-state index < -0.39 is 6.09 Å². The Morgan fingerprint density at radius 2 is 1.67 bits per heavy atom. The van der Waals surface area contributed by atoms with E-state index in [0.29, 0.717) is 15.6 Å². The molecule has 0 aliphatic carbocycles. The molecule has 30 heavy (non-hydrogen) atoms. The smallest absolute Gasteiger partial charge is 0.417 e. The Balaban J connectivity index is 1.73. The first kappa shape index (κ1) is 20.4. The van der Waals surface area contributed by atoms with E-state index >= 15 is 0 Å². The molecule has 0 radical (unpaired) electrons. The molecule has 0 saturated carbocycles. The summed E-state index contributed by atoms with van der Waals surface area (Å²) in [5.74, 6) is 0.212. The number of methoxy groups -OCH3 is 1. The normalized spacial score (nSPS) is 20.8. The van der Waals surface area contributed by atoms with E-state index in [0.717, 1.165) is 11.1 Å². The number of carbonyl (C=O) groups excluding carboxylic acids is 2. The zero-order valence-electron chi connectivity index (χ0n) is 16.3. The van der Waals surface area contributed by atoms with E-state index in [-0.39, 0.29) is 17.9 Å². The van der Waals surface area contributed by atoms with E-state index in [1.807, 2.05) is 66.7 Å². The van der Waals surface area contributed by atoms with Gasteiger partial charge < -0.3 is 4.74 Å². The molecule has 2 aliphatic rings. The molecule has 0 spiro atoms. The quantitative estimate of drug-likeness (QED) is 0.644. The molecule has 152 valence electrons. The molecule has 2 heterocycles. The van der Waals surface area contributed by atoms with Crippen LogP contribution in [0.25, 0.3) is 0 Å². The molecule has 0 N–H and O–H groups in total. The number of ether oxygens (including phenoxy) is 1. The number of nitrogens with zero attached hydrogens (tertiary/aromatic N) is 2. The van der Waals surface area contributed by atoms with E-state index in [1.54, 1.807) is 17.3 Å². The van der Waals surface area contributed by atoms with Crippen molar-refractivity contribution in [3.05, 3.63) is 95.8 Å². The number of thiocarbonyl (C=S) groups is 1. The molecule has 7 heteroatoms. The minimum absolute atomic E-state index is 0.147. The fourth-order valence-electron chi connectivity index (χ4n) is 3.62. The third-order valence-corrected chi connectivity index (χ3v) is 6.60. The maximum atomic E-state index is 13.8. The summed E-state index contributed by atoms with van der Waals surface area (Å²) in [5, 5.41) is 0. The Kier molecular flexibility index (Phi) is 6.01. The number of amides is 2. The second-order valence-electron chi connectivity index (χ2n) is 6.87. The van der Waals surface area contributed by atoms with Crippen LogP contribution in [-0.2, 0) is 9.53 Å². The molecule has 2 aliphatic heterocycles. The van der Waals surface area contributed by atoms with Crippen molar-refractivity contribution in [2.45, 2.75) is 12.0 Å². The van der Waals surface area contributed by atoms with Crippen molar-refractivity contribution in [2.24, 2.45) is 0 Å². The van der Waals surface area contributed by atoms with Crippen LogP contribution >= 0.6 is 24.0 Å². The van der Waals surface area contributed by atoms with Gasteiger partial charge in [-0.1, -0.05) is 90.7 Å². The largest absolute Gasteiger partial charge is 0.452 e.